The van der Waals surface area contributed by atoms with Crippen LogP contribution in [0.2, 0.25) is 0 Å². The first kappa shape index (κ1) is 14.9. The average molecular weight is 287 g/mol. The van der Waals surface area contributed by atoms with Crippen LogP contribution in [0.25, 0.3) is 0 Å². The molecule has 0 saturated heterocycles. The number of ether oxygens (including phenoxy) is 1. The van der Waals surface area contributed by atoms with Crippen molar-refractivity contribution < 1.29 is 24.6 Å². The summed E-state index contributed by atoms with van der Waals surface area (Å²) < 4.78 is 5.01. The van der Waals surface area contributed by atoms with Crippen molar-refractivity contribution in [1.29, 1.82) is 0 Å². The summed E-state index contributed by atoms with van der Waals surface area (Å²) >= 11 is 0.987. The van der Waals surface area contributed by atoms with E-state index in [0.717, 1.165) is 11.3 Å². The molecule has 8 nitrogen and oxygen atoms in total. The third kappa shape index (κ3) is 4.54. The molecule has 0 aliphatic rings. The Hall–Kier alpha value is -2.16. The van der Waals surface area contributed by atoms with Gasteiger partial charge in [0.25, 0.3) is 0 Å². The van der Waals surface area contributed by atoms with Crippen molar-refractivity contribution in [3.05, 3.63) is 11.1 Å². The molecule has 1 rings (SSSR count). The molecule has 0 radical (unpaired) electrons. The molecule has 1 aromatic heterocycles. The van der Waals surface area contributed by atoms with E-state index in [9.17, 15) is 9.59 Å². The minimum Gasteiger partial charge on any atom is -0.476 e. The van der Waals surface area contributed by atoms with Crippen molar-refractivity contribution in [2.75, 3.05) is 5.32 Å². The number of aromatic nitrogens is 1. The van der Waals surface area contributed by atoms with Gasteiger partial charge in [0.05, 0.1) is 0 Å². The Bertz CT molecular complexity index is 517. The summed E-state index contributed by atoms with van der Waals surface area (Å²) in [6.07, 6.45) is -0.703. The second-order valence-corrected chi connectivity index (χ2v) is 5.28. The summed E-state index contributed by atoms with van der Waals surface area (Å²) in [5.41, 5.74) is -1.30. The number of carbonyl (C=O) groups is 2. The predicted molar refractivity (Wildman–Crippen MR) is 67.9 cm³/mol. The van der Waals surface area contributed by atoms with Crippen LogP contribution in [0.1, 0.15) is 26.5 Å². The van der Waals surface area contributed by atoms with Crippen molar-refractivity contribution in [2.45, 2.75) is 26.4 Å². The molecule has 0 spiro atoms. The maximum absolute atomic E-state index is 11.4. The molecule has 0 aromatic carbocycles. The second-order valence-electron chi connectivity index (χ2n) is 4.42. The van der Waals surface area contributed by atoms with Gasteiger partial charge in [0.2, 0.25) is 5.71 Å². The van der Waals surface area contributed by atoms with Gasteiger partial charge in [-0.15, -0.1) is 11.3 Å². The van der Waals surface area contributed by atoms with Crippen LogP contribution in [-0.2, 0) is 9.53 Å². The zero-order chi connectivity index (χ0) is 14.6. The van der Waals surface area contributed by atoms with Crippen LogP contribution < -0.4 is 5.32 Å². The smallest absolute Gasteiger partial charge is 0.413 e. The molecule has 1 heterocycles. The topological polar surface area (TPSA) is 121 Å². The molecule has 1 aromatic rings. The Morgan fingerprint density at radius 3 is 2.58 bits per heavy atom. The summed E-state index contributed by atoms with van der Waals surface area (Å²) in [6.45, 7) is 5.13. The number of thiazole rings is 1. The third-order valence-corrected chi connectivity index (χ3v) is 2.41. The van der Waals surface area contributed by atoms with Crippen LogP contribution >= 0.6 is 11.3 Å². The lowest BCUT2D eigenvalue weighted by Gasteiger charge is -2.18. The zero-order valence-electron chi connectivity index (χ0n) is 10.5. The van der Waals surface area contributed by atoms with Gasteiger partial charge < -0.3 is 15.1 Å². The van der Waals surface area contributed by atoms with E-state index in [0.29, 0.717) is 0 Å². The SMILES string of the molecule is CC(C)(C)OC(=O)Nc1nc(C(=NO)C(=O)O)cs1. The normalized spacial score (nSPS) is 12.1. The maximum atomic E-state index is 11.4. The average Bonchev–Trinajstić information content (AvgIpc) is 2.63. The Labute approximate surface area is 112 Å². The lowest BCUT2D eigenvalue weighted by molar-refractivity contribution is -0.129. The first-order valence-corrected chi connectivity index (χ1v) is 6.02. The molecular weight excluding hydrogens is 274 g/mol. The molecule has 104 valence electrons. The molecule has 1 amide bonds. The van der Waals surface area contributed by atoms with Crippen molar-refractivity contribution in [1.82, 2.24) is 4.98 Å². The number of anilines is 1. The lowest BCUT2D eigenvalue weighted by atomic mass is 10.2. The van der Waals surface area contributed by atoms with E-state index in [1.54, 1.807) is 20.8 Å². The third-order valence-electron chi connectivity index (χ3n) is 1.66. The van der Waals surface area contributed by atoms with Crippen LogP contribution in [0.4, 0.5) is 9.93 Å². The Balaban J connectivity index is 2.76. The molecule has 19 heavy (non-hydrogen) atoms. The van der Waals surface area contributed by atoms with Gasteiger partial charge in [-0.05, 0) is 20.8 Å². The van der Waals surface area contributed by atoms with Gasteiger partial charge in [0.15, 0.2) is 5.13 Å². The number of amides is 1. The summed E-state index contributed by atoms with van der Waals surface area (Å²) in [7, 11) is 0. The number of hydrogen-bond donors (Lipinski definition) is 3. The number of aliphatic carboxylic acids is 1. The van der Waals surface area contributed by atoms with Gasteiger partial charge in [-0.2, -0.15) is 0 Å². The van der Waals surface area contributed by atoms with Crippen LogP contribution in [-0.4, -0.2) is 38.7 Å². The fourth-order valence-electron chi connectivity index (χ4n) is 1.03. The number of carbonyl (C=O) groups excluding carboxylic acids is 1. The highest BCUT2D eigenvalue weighted by Gasteiger charge is 2.20. The number of hydrogen-bond acceptors (Lipinski definition) is 7. The van der Waals surface area contributed by atoms with Gasteiger partial charge in [0, 0.05) is 5.38 Å². The molecule has 3 N–H and O–H groups in total. The van der Waals surface area contributed by atoms with Gasteiger partial charge in [-0.1, -0.05) is 5.16 Å². The van der Waals surface area contributed by atoms with E-state index in [-0.39, 0.29) is 10.8 Å². The number of carboxylic acid groups (broad SMARTS) is 1. The first-order chi connectivity index (χ1) is 8.73. The number of nitrogens with zero attached hydrogens (tertiary/aromatic N) is 2. The Morgan fingerprint density at radius 1 is 1.47 bits per heavy atom. The summed E-state index contributed by atoms with van der Waals surface area (Å²) in [5, 5.41) is 23.8. The van der Waals surface area contributed by atoms with Crippen molar-refractivity contribution in [3.63, 3.8) is 0 Å². The first-order valence-electron chi connectivity index (χ1n) is 5.14. The molecule has 9 heteroatoms. The van der Waals surface area contributed by atoms with Gasteiger partial charge in [-0.3, -0.25) is 5.32 Å². The summed E-state index contributed by atoms with van der Waals surface area (Å²) in [5.74, 6) is -1.42. The number of oxime groups is 1. The number of carboxylic acids is 1. The van der Waals surface area contributed by atoms with Gasteiger partial charge >= 0.3 is 12.1 Å². The lowest BCUT2D eigenvalue weighted by Crippen LogP contribution is -2.27. The fourth-order valence-corrected chi connectivity index (χ4v) is 1.72. The minimum atomic E-state index is -1.42. The molecular formula is C10H13N3O5S. The van der Waals surface area contributed by atoms with Crippen LogP contribution in [0.5, 0.6) is 0 Å². The molecule has 0 aliphatic carbocycles. The molecule has 0 atom stereocenters. The molecule has 0 unspecified atom stereocenters. The zero-order valence-corrected chi connectivity index (χ0v) is 11.3. The van der Waals surface area contributed by atoms with Crippen molar-refractivity contribution in [3.8, 4) is 0 Å². The van der Waals surface area contributed by atoms with Crippen molar-refractivity contribution in [2.24, 2.45) is 5.16 Å². The van der Waals surface area contributed by atoms with Crippen LogP contribution in [0.3, 0.4) is 0 Å². The van der Waals surface area contributed by atoms with E-state index in [4.69, 9.17) is 15.1 Å². The number of nitrogens with one attached hydrogen (secondary N) is 1. The highest BCUT2D eigenvalue weighted by Crippen LogP contribution is 2.17. The standard InChI is InChI=1S/C10H13N3O5S/c1-10(2,3)18-9(16)12-8-11-5(4-19-8)6(13-17)7(14)15/h4,17H,1-3H3,(H,14,15)(H,11,12,16). The maximum Gasteiger partial charge on any atom is 0.413 e. The Morgan fingerprint density at radius 2 is 2.11 bits per heavy atom. The molecule has 0 fully saturated rings. The Kier molecular flexibility index (Phi) is 4.43. The predicted octanol–water partition coefficient (Wildman–Crippen LogP) is 1.75. The molecule has 0 saturated carbocycles. The summed E-state index contributed by atoms with van der Waals surface area (Å²) in [6, 6.07) is 0. The second kappa shape index (κ2) is 5.65. The molecule has 0 aliphatic heterocycles. The molecule has 0 bridgehead atoms. The van der Waals surface area contributed by atoms with E-state index in [1.165, 1.54) is 5.38 Å². The van der Waals surface area contributed by atoms with E-state index < -0.39 is 23.4 Å². The van der Waals surface area contributed by atoms with Crippen LogP contribution in [0.15, 0.2) is 10.5 Å². The van der Waals surface area contributed by atoms with E-state index in [2.05, 4.69) is 15.5 Å². The van der Waals surface area contributed by atoms with Crippen molar-refractivity contribution >= 4 is 34.2 Å². The monoisotopic (exact) mass is 287 g/mol. The minimum absolute atomic E-state index is 0.0499. The highest BCUT2D eigenvalue weighted by molar-refractivity contribution is 7.14. The highest BCUT2D eigenvalue weighted by atomic mass is 32.1. The largest absolute Gasteiger partial charge is 0.476 e. The van der Waals surface area contributed by atoms with E-state index in [1.807, 2.05) is 0 Å². The quantitative estimate of drug-likeness (QED) is 0.442. The fraction of sp³-hybridized carbons (Fsp3) is 0.400. The van der Waals surface area contributed by atoms with Crippen LogP contribution in [0, 0.1) is 0 Å². The van der Waals surface area contributed by atoms with Gasteiger partial charge in [0.1, 0.15) is 11.3 Å². The van der Waals surface area contributed by atoms with Gasteiger partial charge in [-0.25, -0.2) is 14.6 Å². The van der Waals surface area contributed by atoms with E-state index >= 15 is 0 Å². The summed E-state index contributed by atoms with van der Waals surface area (Å²) in [4.78, 5) is 26.0. The number of rotatable bonds is 3.